The predicted molar refractivity (Wildman–Crippen MR) is 155 cm³/mol. The van der Waals surface area contributed by atoms with Gasteiger partial charge in [0, 0.05) is 12.1 Å². The molecule has 0 saturated carbocycles. The van der Waals surface area contributed by atoms with Crippen molar-refractivity contribution in [1.82, 2.24) is 15.5 Å². The van der Waals surface area contributed by atoms with E-state index >= 15 is 0 Å². The van der Waals surface area contributed by atoms with Crippen LogP contribution >= 0.6 is 0 Å². The van der Waals surface area contributed by atoms with Gasteiger partial charge in [-0.05, 0) is 71.6 Å². The zero-order valence-electron chi connectivity index (χ0n) is 25.0. The van der Waals surface area contributed by atoms with Crippen molar-refractivity contribution >= 4 is 23.8 Å². The van der Waals surface area contributed by atoms with Crippen molar-refractivity contribution in [3.05, 3.63) is 70.8 Å². The van der Waals surface area contributed by atoms with Crippen LogP contribution in [0.25, 0.3) is 0 Å². The number of nitrogens with zero attached hydrogens (tertiary/aromatic N) is 1. The molecule has 2 unspecified atom stereocenters. The third-order valence-electron chi connectivity index (χ3n) is 6.69. The van der Waals surface area contributed by atoms with Gasteiger partial charge in [-0.1, -0.05) is 61.0 Å². The minimum Gasteiger partial charge on any atom is -0.444 e. The van der Waals surface area contributed by atoms with Gasteiger partial charge in [-0.25, -0.2) is 4.79 Å². The minimum absolute atomic E-state index is 0.260. The molecular formula is C31H44N4O5. The molecule has 4 N–H and O–H groups in total. The lowest BCUT2D eigenvalue weighted by Gasteiger charge is -2.45. The van der Waals surface area contributed by atoms with Crippen molar-refractivity contribution in [2.45, 2.75) is 98.0 Å². The van der Waals surface area contributed by atoms with Crippen LogP contribution in [0.4, 0.5) is 4.79 Å². The topological polar surface area (TPSA) is 131 Å². The maximum Gasteiger partial charge on any atom is 0.408 e. The number of ether oxygens (including phenoxy) is 1. The van der Waals surface area contributed by atoms with Crippen LogP contribution in [-0.2, 0) is 25.7 Å². The number of alkyl carbamates (subject to hydrolysis) is 1. The maximum absolute atomic E-state index is 14.3. The third kappa shape index (κ3) is 9.10. The Balaban J connectivity index is 2.62. The number of amides is 4. The molecule has 0 aromatic heterocycles. The van der Waals surface area contributed by atoms with E-state index in [0.29, 0.717) is 12.0 Å². The average Bonchev–Trinajstić information content (AvgIpc) is 2.84. The van der Waals surface area contributed by atoms with Crippen LogP contribution in [-0.4, -0.2) is 45.9 Å². The van der Waals surface area contributed by atoms with E-state index in [0.717, 1.165) is 16.7 Å². The number of hydrogen-bond acceptors (Lipinski definition) is 5. The summed E-state index contributed by atoms with van der Waals surface area (Å²) in [5.41, 5.74) is 7.20. The summed E-state index contributed by atoms with van der Waals surface area (Å²) in [4.78, 5) is 54.5. The Morgan fingerprint density at radius 1 is 0.975 bits per heavy atom. The Morgan fingerprint density at radius 3 is 2.12 bits per heavy atom. The molecule has 2 aromatic rings. The SMILES string of the molecule is CCC(C)(C)N(C(=O)C(CC(N)=O)NC(=O)OC(C)(C)C)C(C(=O)NCc1ccccc1)c1ccc(C)cc1C. The zero-order chi connectivity index (χ0) is 30.3. The van der Waals surface area contributed by atoms with Crippen molar-refractivity contribution in [2.75, 3.05) is 0 Å². The van der Waals surface area contributed by atoms with Crippen LogP contribution in [0.5, 0.6) is 0 Å². The Morgan fingerprint density at radius 2 is 1.60 bits per heavy atom. The lowest BCUT2D eigenvalue weighted by Crippen LogP contribution is -2.60. The quantitative estimate of drug-likeness (QED) is 0.379. The monoisotopic (exact) mass is 552 g/mol. The molecule has 0 saturated heterocycles. The Bertz CT molecular complexity index is 1200. The van der Waals surface area contributed by atoms with Crippen molar-refractivity contribution in [2.24, 2.45) is 5.73 Å². The van der Waals surface area contributed by atoms with E-state index in [1.165, 1.54) is 4.90 Å². The minimum atomic E-state index is -1.34. The molecule has 2 aromatic carbocycles. The molecule has 0 aliphatic heterocycles. The molecule has 0 aliphatic rings. The van der Waals surface area contributed by atoms with E-state index in [2.05, 4.69) is 10.6 Å². The summed E-state index contributed by atoms with van der Waals surface area (Å²) < 4.78 is 5.35. The lowest BCUT2D eigenvalue weighted by atomic mass is 9.89. The number of aryl methyl sites for hydroxylation is 2. The fourth-order valence-corrected chi connectivity index (χ4v) is 4.38. The molecule has 0 aliphatic carbocycles. The van der Waals surface area contributed by atoms with Gasteiger partial charge >= 0.3 is 6.09 Å². The van der Waals surface area contributed by atoms with E-state index in [1.54, 1.807) is 20.8 Å². The number of nitrogens with one attached hydrogen (secondary N) is 2. The highest BCUT2D eigenvalue weighted by Crippen LogP contribution is 2.34. The molecule has 2 atom stereocenters. The number of primary amides is 1. The highest BCUT2D eigenvalue weighted by Gasteiger charge is 2.43. The van der Waals surface area contributed by atoms with Crippen LogP contribution < -0.4 is 16.4 Å². The van der Waals surface area contributed by atoms with Crippen LogP contribution in [0.2, 0.25) is 0 Å². The summed E-state index contributed by atoms with van der Waals surface area (Å²) in [6.07, 6.45) is -0.834. The summed E-state index contributed by atoms with van der Waals surface area (Å²) in [6.45, 7) is 14.8. The summed E-state index contributed by atoms with van der Waals surface area (Å²) >= 11 is 0. The second kappa shape index (κ2) is 13.5. The van der Waals surface area contributed by atoms with Gasteiger partial charge in [-0.3, -0.25) is 14.4 Å². The van der Waals surface area contributed by atoms with Gasteiger partial charge in [0.25, 0.3) is 0 Å². The summed E-state index contributed by atoms with van der Waals surface area (Å²) in [7, 11) is 0. The Kier molecular flexibility index (Phi) is 10.9. The van der Waals surface area contributed by atoms with Gasteiger partial charge in [0.1, 0.15) is 17.7 Å². The molecule has 0 fully saturated rings. The normalized spacial score (nSPS) is 13.1. The molecule has 40 heavy (non-hydrogen) atoms. The predicted octanol–water partition coefficient (Wildman–Crippen LogP) is 4.45. The number of hydrogen-bond donors (Lipinski definition) is 3. The molecule has 9 nitrogen and oxygen atoms in total. The molecule has 0 radical (unpaired) electrons. The van der Waals surface area contributed by atoms with Crippen LogP contribution in [0.3, 0.4) is 0 Å². The number of benzene rings is 2. The van der Waals surface area contributed by atoms with Crippen molar-refractivity contribution in [3.8, 4) is 0 Å². The largest absolute Gasteiger partial charge is 0.444 e. The molecular weight excluding hydrogens is 508 g/mol. The molecule has 2 rings (SSSR count). The zero-order valence-corrected chi connectivity index (χ0v) is 25.0. The van der Waals surface area contributed by atoms with Gasteiger partial charge in [0.2, 0.25) is 17.7 Å². The molecule has 9 heteroatoms. The maximum atomic E-state index is 14.3. The second-order valence-electron chi connectivity index (χ2n) is 11.7. The first-order chi connectivity index (χ1) is 18.6. The van der Waals surface area contributed by atoms with Crippen LogP contribution in [0.1, 0.15) is 82.7 Å². The van der Waals surface area contributed by atoms with E-state index in [4.69, 9.17) is 10.5 Å². The van der Waals surface area contributed by atoms with E-state index < -0.39 is 47.6 Å². The summed E-state index contributed by atoms with van der Waals surface area (Å²) in [5.74, 6) is -1.78. The molecule has 0 bridgehead atoms. The second-order valence-corrected chi connectivity index (χ2v) is 11.7. The highest BCUT2D eigenvalue weighted by molar-refractivity contribution is 5.95. The Hall–Kier alpha value is -3.88. The first kappa shape index (κ1) is 32.3. The van der Waals surface area contributed by atoms with E-state index in [1.807, 2.05) is 83.1 Å². The number of rotatable bonds is 11. The lowest BCUT2D eigenvalue weighted by molar-refractivity contribution is -0.150. The number of carbonyl (C=O) groups is 4. The van der Waals surface area contributed by atoms with E-state index in [-0.39, 0.29) is 12.5 Å². The number of nitrogens with two attached hydrogens (primary N) is 1. The van der Waals surface area contributed by atoms with Crippen molar-refractivity contribution in [3.63, 3.8) is 0 Å². The standard InChI is InChI=1S/C31H44N4O5/c1-9-31(7,8)35(28(38)24(18-25(32)36)34-29(39)40-30(4,5)6)26(23-16-15-20(2)17-21(23)3)27(37)33-19-22-13-11-10-12-14-22/h10-17,24,26H,9,18-19H2,1-8H3,(H2,32,36)(H,33,37)(H,34,39). The van der Waals surface area contributed by atoms with Gasteiger partial charge in [0.05, 0.1) is 6.42 Å². The van der Waals surface area contributed by atoms with Crippen molar-refractivity contribution < 1.29 is 23.9 Å². The van der Waals surface area contributed by atoms with Crippen LogP contribution in [0.15, 0.2) is 48.5 Å². The smallest absolute Gasteiger partial charge is 0.408 e. The summed E-state index contributed by atoms with van der Waals surface area (Å²) in [5, 5.41) is 5.51. The first-order valence-electron chi connectivity index (χ1n) is 13.6. The number of carbonyl (C=O) groups excluding carboxylic acids is 4. The molecule has 218 valence electrons. The molecule has 4 amide bonds. The molecule has 0 spiro atoms. The molecule has 0 heterocycles. The fourth-order valence-electron chi connectivity index (χ4n) is 4.38. The highest BCUT2D eigenvalue weighted by atomic mass is 16.6. The third-order valence-corrected chi connectivity index (χ3v) is 6.69. The average molecular weight is 553 g/mol. The fraction of sp³-hybridized carbons (Fsp3) is 0.484. The van der Waals surface area contributed by atoms with Crippen LogP contribution in [0, 0.1) is 13.8 Å². The van der Waals surface area contributed by atoms with E-state index in [9.17, 15) is 19.2 Å². The van der Waals surface area contributed by atoms with Crippen molar-refractivity contribution in [1.29, 1.82) is 0 Å². The summed E-state index contributed by atoms with van der Waals surface area (Å²) in [6, 6.07) is 12.8. The van der Waals surface area contributed by atoms with Gasteiger partial charge in [-0.15, -0.1) is 0 Å². The van der Waals surface area contributed by atoms with Gasteiger partial charge in [0.15, 0.2) is 0 Å². The Labute approximate surface area is 237 Å². The van der Waals surface area contributed by atoms with Gasteiger partial charge in [-0.2, -0.15) is 0 Å². The first-order valence-corrected chi connectivity index (χ1v) is 13.6. The van der Waals surface area contributed by atoms with Gasteiger partial charge < -0.3 is 26.0 Å².